The van der Waals surface area contributed by atoms with Crippen molar-refractivity contribution in [3.63, 3.8) is 0 Å². The van der Waals surface area contributed by atoms with E-state index in [4.69, 9.17) is 0 Å². The molecule has 0 aliphatic carbocycles. The Bertz CT molecular complexity index is 1320. The number of aryl methyl sites for hydroxylation is 1. The van der Waals surface area contributed by atoms with Crippen LogP contribution in [0.4, 0.5) is 11.5 Å². The highest BCUT2D eigenvalue weighted by atomic mass is 32.2. The molecular weight excluding hydrogens is 424 g/mol. The largest absolute Gasteiger partial charge is 0.305 e. The van der Waals surface area contributed by atoms with Gasteiger partial charge in [0.15, 0.2) is 5.82 Å². The van der Waals surface area contributed by atoms with Gasteiger partial charge in [0.25, 0.3) is 15.9 Å². The Hall–Kier alpha value is -3.91. The average molecular weight is 447 g/mol. The number of carbonyl (C=O) groups is 1. The van der Waals surface area contributed by atoms with Crippen LogP contribution in [0.3, 0.4) is 0 Å². The SMILES string of the molecule is Cc1cc(NC(=O)c2cccc(S(=O)(=O)N(Cc3ccccc3)c3ccccc3)c2)n[nH]1. The van der Waals surface area contributed by atoms with Crippen molar-refractivity contribution in [3.8, 4) is 0 Å². The zero-order valence-electron chi connectivity index (χ0n) is 17.4. The maximum Gasteiger partial charge on any atom is 0.264 e. The number of amides is 1. The number of benzene rings is 3. The molecule has 7 nitrogen and oxygen atoms in total. The van der Waals surface area contributed by atoms with Crippen LogP contribution in [-0.2, 0) is 16.6 Å². The Morgan fingerprint density at radius 1 is 0.938 bits per heavy atom. The molecule has 0 saturated heterocycles. The maximum atomic E-state index is 13.7. The number of hydrogen-bond donors (Lipinski definition) is 2. The summed E-state index contributed by atoms with van der Waals surface area (Å²) in [5.41, 5.74) is 2.41. The molecule has 0 unspecified atom stereocenters. The van der Waals surface area contributed by atoms with Crippen molar-refractivity contribution in [2.24, 2.45) is 0 Å². The Morgan fingerprint density at radius 3 is 2.28 bits per heavy atom. The molecule has 1 amide bonds. The van der Waals surface area contributed by atoms with Crippen LogP contribution < -0.4 is 9.62 Å². The summed E-state index contributed by atoms with van der Waals surface area (Å²) >= 11 is 0. The van der Waals surface area contributed by atoms with Gasteiger partial charge in [-0.1, -0.05) is 54.6 Å². The summed E-state index contributed by atoms with van der Waals surface area (Å²) in [6, 6.07) is 26.0. The number of para-hydroxylation sites is 1. The van der Waals surface area contributed by atoms with Crippen molar-refractivity contribution in [2.45, 2.75) is 18.4 Å². The van der Waals surface area contributed by atoms with Gasteiger partial charge in [0, 0.05) is 17.3 Å². The summed E-state index contributed by atoms with van der Waals surface area (Å²) in [4.78, 5) is 12.7. The summed E-state index contributed by atoms with van der Waals surface area (Å²) < 4.78 is 28.6. The zero-order chi connectivity index (χ0) is 22.6. The van der Waals surface area contributed by atoms with Gasteiger partial charge in [0.2, 0.25) is 0 Å². The van der Waals surface area contributed by atoms with Crippen molar-refractivity contribution >= 4 is 27.4 Å². The van der Waals surface area contributed by atoms with E-state index < -0.39 is 15.9 Å². The Morgan fingerprint density at radius 2 is 1.62 bits per heavy atom. The van der Waals surface area contributed by atoms with E-state index >= 15 is 0 Å². The van der Waals surface area contributed by atoms with Gasteiger partial charge in [-0.15, -0.1) is 0 Å². The molecule has 0 saturated carbocycles. The number of aromatic nitrogens is 2. The first-order valence-electron chi connectivity index (χ1n) is 9.98. The van der Waals surface area contributed by atoms with E-state index in [2.05, 4.69) is 15.5 Å². The number of rotatable bonds is 7. The molecule has 0 spiro atoms. The second kappa shape index (κ2) is 9.07. The highest BCUT2D eigenvalue weighted by molar-refractivity contribution is 7.92. The van der Waals surface area contributed by atoms with Crippen molar-refractivity contribution in [3.05, 3.63) is 108 Å². The van der Waals surface area contributed by atoms with Crippen LogP contribution in [0, 0.1) is 6.92 Å². The maximum absolute atomic E-state index is 13.7. The van der Waals surface area contributed by atoms with Gasteiger partial charge < -0.3 is 5.32 Å². The first-order valence-corrected chi connectivity index (χ1v) is 11.4. The molecule has 0 radical (unpaired) electrons. The van der Waals surface area contributed by atoms with Crippen LogP contribution in [0.1, 0.15) is 21.6 Å². The lowest BCUT2D eigenvalue weighted by Gasteiger charge is -2.25. The quantitative estimate of drug-likeness (QED) is 0.441. The van der Waals surface area contributed by atoms with E-state index in [1.807, 2.05) is 43.3 Å². The molecule has 0 aliphatic rings. The molecule has 3 aromatic carbocycles. The highest BCUT2D eigenvalue weighted by Crippen LogP contribution is 2.26. The van der Waals surface area contributed by atoms with Crippen LogP contribution in [-0.4, -0.2) is 24.5 Å². The second-order valence-corrected chi connectivity index (χ2v) is 9.11. The number of hydrogen-bond acceptors (Lipinski definition) is 4. The lowest BCUT2D eigenvalue weighted by Crippen LogP contribution is -2.30. The summed E-state index contributed by atoms with van der Waals surface area (Å²) in [6.45, 7) is 1.98. The molecular formula is C24H22N4O3S. The number of H-pyrrole nitrogens is 1. The lowest BCUT2D eigenvalue weighted by atomic mass is 10.2. The van der Waals surface area contributed by atoms with Gasteiger partial charge in [-0.25, -0.2) is 8.42 Å². The third-order valence-electron chi connectivity index (χ3n) is 4.84. The number of nitrogens with zero attached hydrogens (tertiary/aromatic N) is 2. The Labute approximate surface area is 186 Å². The standard InChI is InChI=1S/C24H22N4O3S/c1-18-15-23(27-26-18)25-24(29)20-11-8-14-22(16-20)32(30,31)28(21-12-6-3-7-13-21)17-19-9-4-2-5-10-19/h2-16H,17H2,1H3,(H2,25,26,27,29). The highest BCUT2D eigenvalue weighted by Gasteiger charge is 2.26. The molecule has 1 aromatic heterocycles. The van der Waals surface area contributed by atoms with E-state index in [0.29, 0.717) is 11.5 Å². The monoisotopic (exact) mass is 446 g/mol. The molecule has 4 aromatic rings. The number of aromatic amines is 1. The van der Waals surface area contributed by atoms with Gasteiger partial charge in [0.05, 0.1) is 17.1 Å². The molecule has 0 aliphatic heterocycles. The van der Waals surface area contributed by atoms with Gasteiger partial charge >= 0.3 is 0 Å². The average Bonchev–Trinajstić information content (AvgIpc) is 3.23. The minimum atomic E-state index is -3.95. The predicted molar refractivity (Wildman–Crippen MR) is 124 cm³/mol. The van der Waals surface area contributed by atoms with Crippen molar-refractivity contribution in [2.75, 3.05) is 9.62 Å². The molecule has 162 valence electrons. The first-order chi connectivity index (χ1) is 15.4. The molecule has 4 rings (SSSR count). The molecule has 2 N–H and O–H groups in total. The van der Waals surface area contributed by atoms with E-state index in [1.54, 1.807) is 42.5 Å². The molecule has 1 heterocycles. The number of sulfonamides is 1. The first kappa shape index (κ1) is 21.3. The summed E-state index contributed by atoms with van der Waals surface area (Å²) in [5, 5.41) is 9.40. The number of carbonyl (C=O) groups excluding carboxylic acids is 1. The van der Waals surface area contributed by atoms with Gasteiger partial charge in [-0.2, -0.15) is 5.10 Å². The lowest BCUT2D eigenvalue weighted by molar-refractivity contribution is 0.102. The van der Waals surface area contributed by atoms with Crippen LogP contribution in [0.25, 0.3) is 0 Å². The third kappa shape index (κ3) is 4.70. The predicted octanol–water partition coefficient (Wildman–Crippen LogP) is 4.37. The van der Waals surface area contributed by atoms with Gasteiger partial charge in [-0.05, 0) is 42.8 Å². The number of anilines is 2. The second-order valence-electron chi connectivity index (χ2n) is 7.25. The fraction of sp³-hybridized carbons (Fsp3) is 0.0833. The number of nitrogens with one attached hydrogen (secondary N) is 2. The van der Waals surface area contributed by atoms with Crippen LogP contribution in [0.5, 0.6) is 0 Å². The minimum Gasteiger partial charge on any atom is -0.305 e. The summed E-state index contributed by atoms with van der Waals surface area (Å²) in [6.07, 6.45) is 0. The van der Waals surface area contributed by atoms with Crippen molar-refractivity contribution in [1.29, 1.82) is 0 Å². The fourth-order valence-corrected chi connectivity index (χ4v) is 4.75. The van der Waals surface area contributed by atoms with E-state index in [9.17, 15) is 13.2 Å². The Kier molecular flexibility index (Phi) is 6.04. The van der Waals surface area contributed by atoms with Gasteiger partial charge in [-0.3, -0.25) is 14.2 Å². The van der Waals surface area contributed by atoms with Crippen molar-refractivity contribution in [1.82, 2.24) is 10.2 Å². The summed E-state index contributed by atoms with van der Waals surface area (Å²) in [5.74, 6) is -0.0707. The molecule has 0 atom stereocenters. The molecule has 0 fully saturated rings. The zero-order valence-corrected chi connectivity index (χ0v) is 18.2. The van der Waals surface area contributed by atoms with E-state index in [0.717, 1.165) is 11.3 Å². The smallest absolute Gasteiger partial charge is 0.264 e. The molecule has 8 heteroatoms. The van der Waals surface area contributed by atoms with Crippen LogP contribution >= 0.6 is 0 Å². The van der Waals surface area contributed by atoms with E-state index in [-0.39, 0.29) is 17.0 Å². The fourth-order valence-electron chi connectivity index (χ4n) is 3.25. The topological polar surface area (TPSA) is 95.2 Å². The van der Waals surface area contributed by atoms with Gasteiger partial charge in [0.1, 0.15) is 0 Å². The van der Waals surface area contributed by atoms with E-state index in [1.165, 1.54) is 16.4 Å². The molecule has 0 bridgehead atoms. The Balaban J connectivity index is 1.68. The minimum absolute atomic E-state index is 0.0307. The van der Waals surface area contributed by atoms with Crippen LogP contribution in [0.15, 0.2) is 95.9 Å². The normalized spacial score (nSPS) is 11.2. The third-order valence-corrected chi connectivity index (χ3v) is 6.61. The van der Waals surface area contributed by atoms with Crippen molar-refractivity contribution < 1.29 is 13.2 Å². The molecule has 32 heavy (non-hydrogen) atoms. The van der Waals surface area contributed by atoms with Crippen LogP contribution in [0.2, 0.25) is 0 Å². The summed E-state index contributed by atoms with van der Waals surface area (Å²) in [7, 11) is -3.95.